The molecular formula is C24H28F5N3O2. The molecule has 0 aromatic carbocycles. The van der Waals surface area contributed by atoms with Gasteiger partial charge in [-0.3, -0.25) is 14.8 Å². The zero-order valence-electron chi connectivity index (χ0n) is 19.3. The van der Waals surface area contributed by atoms with E-state index in [4.69, 9.17) is 4.74 Å². The maximum absolute atomic E-state index is 13.4. The van der Waals surface area contributed by atoms with Gasteiger partial charge in [-0.05, 0) is 44.4 Å². The number of aliphatic imine (C=N–C) groups is 1. The molecule has 0 bridgehead atoms. The summed E-state index contributed by atoms with van der Waals surface area (Å²) in [4.78, 5) is 21.5. The van der Waals surface area contributed by atoms with Gasteiger partial charge in [0.05, 0.1) is 11.9 Å². The number of pyridine rings is 1. The predicted octanol–water partition coefficient (Wildman–Crippen LogP) is 6.20. The molecule has 2 heterocycles. The van der Waals surface area contributed by atoms with E-state index in [2.05, 4.69) is 16.6 Å². The molecule has 1 aliphatic rings. The second kappa shape index (κ2) is 11.4. The van der Waals surface area contributed by atoms with Gasteiger partial charge in [-0.2, -0.15) is 22.0 Å². The standard InChI is InChI=1S/C24H28F5N3O2/c1-5-7-19(34-18-8-9-20(31-15-18)23(4,25)26)21(30-12-6-2)17-10-13-32(14-11-17)22(33)16(3)24(27,28)29/h6-9,12,15,17H,3,5,10-11,13-14H2,1-2,4H3/b12-6-,19-7-,30-21-. The van der Waals surface area contributed by atoms with Crippen LogP contribution in [0.15, 0.2) is 59.6 Å². The third kappa shape index (κ3) is 7.23. The Bertz CT molecular complexity index is 952. The van der Waals surface area contributed by atoms with E-state index in [-0.39, 0.29) is 30.5 Å². The smallest absolute Gasteiger partial charge is 0.421 e. The van der Waals surface area contributed by atoms with Crippen LogP contribution in [0.25, 0.3) is 0 Å². The Morgan fingerprint density at radius 2 is 1.91 bits per heavy atom. The second-order valence-corrected chi connectivity index (χ2v) is 7.89. The maximum atomic E-state index is 13.4. The summed E-state index contributed by atoms with van der Waals surface area (Å²) in [6.45, 7) is 7.52. The van der Waals surface area contributed by atoms with E-state index in [1.54, 1.807) is 25.3 Å². The molecule has 1 aliphatic heterocycles. The van der Waals surface area contributed by atoms with Crippen LogP contribution in [-0.4, -0.2) is 40.8 Å². The molecule has 0 spiro atoms. The third-order valence-electron chi connectivity index (χ3n) is 5.19. The molecule has 10 heteroatoms. The predicted molar refractivity (Wildman–Crippen MR) is 120 cm³/mol. The zero-order valence-corrected chi connectivity index (χ0v) is 19.3. The van der Waals surface area contributed by atoms with E-state index in [0.29, 0.717) is 30.7 Å². The monoisotopic (exact) mass is 485 g/mol. The van der Waals surface area contributed by atoms with Crippen LogP contribution in [-0.2, 0) is 10.7 Å². The van der Waals surface area contributed by atoms with E-state index >= 15 is 0 Å². The molecule has 0 N–H and O–H groups in total. The van der Waals surface area contributed by atoms with Crippen LogP contribution in [0.3, 0.4) is 0 Å². The first-order valence-corrected chi connectivity index (χ1v) is 10.8. The number of hydrogen-bond acceptors (Lipinski definition) is 4. The molecule has 1 fully saturated rings. The van der Waals surface area contributed by atoms with E-state index in [0.717, 1.165) is 11.8 Å². The number of aromatic nitrogens is 1. The molecule has 1 saturated heterocycles. The summed E-state index contributed by atoms with van der Waals surface area (Å²) in [7, 11) is 0. The quantitative estimate of drug-likeness (QED) is 0.191. The number of amides is 1. The molecular weight excluding hydrogens is 457 g/mol. The van der Waals surface area contributed by atoms with E-state index in [1.807, 2.05) is 6.92 Å². The Kier molecular flexibility index (Phi) is 9.12. The van der Waals surface area contributed by atoms with Crippen molar-refractivity contribution in [1.29, 1.82) is 0 Å². The summed E-state index contributed by atoms with van der Waals surface area (Å²) in [5.74, 6) is -3.75. The average molecular weight is 485 g/mol. The minimum Gasteiger partial charge on any atom is -0.454 e. The molecule has 1 amide bonds. The second-order valence-electron chi connectivity index (χ2n) is 7.89. The van der Waals surface area contributed by atoms with Crippen LogP contribution in [0.4, 0.5) is 22.0 Å². The van der Waals surface area contributed by atoms with Crippen molar-refractivity contribution in [2.45, 2.75) is 52.1 Å². The highest BCUT2D eigenvalue weighted by Gasteiger charge is 2.40. The Balaban J connectivity index is 2.21. The molecule has 1 aromatic heterocycles. The first-order valence-electron chi connectivity index (χ1n) is 10.8. The lowest BCUT2D eigenvalue weighted by molar-refractivity contribution is -0.140. The van der Waals surface area contributed by atoms with Gasteiger partial charge < -0.3 is 9.64 Å². The topological polar surface area (TPSA) is 54.8 Å². The van der Waals surface area contributed by atoms with E-state index < -0.39 is 23.6 Å². The van der Waals surface area contributed by atoms with Crippen LogP contribution in [0.2, 0.25) is 0 Å². The van der Waals surface area contributed by atoms with Crippen LogP contribution < -0.4 is 4.74 Å². The largest absolute Gasteiger partial charge is 0.454 e. The van der Waals surface area contributed by atoms with Crippen molar-refractivity contribution < 1.29 is 31.5 Å². The first kappa shape index (κ1) is 27.2. The van der Waals surface area contributed by atoms with Gasteiger partial charge in [0, 0.05) is 32.1 Å². The van der Waals surface area contributed by atoms with Crippen molar-refractivity contribution in [3.05, 3.63) is 60.3 Å². The number of nitrogens with zero attached hydrogens (tertiary/aromatic N) is 3. The van der Waals surface area contributed by atoms with Gasteiger partial charge in [-0.25, -0.2) is 0 Å². The van der Waals surface area contributed by atoms with Crippen LogP contribution in [0.1, 0.15) is 45.7 Å². The van der Waals surface area contributed by atoms with Crippen molar-refractivity contribution in [2.24, 2.45) is 10.9 Å². The fourth-order valence-electron chi connectivity index (χ4n) is 3.40. The number of halogens is 5. The minimum absolute atomic E-state index is 0.106. The fourth-order valence-corrected chi connectivity index (χ4v) is 3.40. The van der Waals surface area contributed by atoms with Crippen molar-refractivity contribution in [3.63, 3.8) is 0 Å². The molecule has 0 radical (unpaired) electrons. The molecule has 0 unspecified atom stereocenters. The van der Waals surface area contributed by atoms with Crippen LogP contribution in [0.5, 0.6) is 5.75 Å². The van der Waals surface area contributed by atoms with Gasteiger partial charge >= 0.3 is 6.18 Å². The van der Waals surface area contributed by atoms with Gasteiger partial charge in [0.25, 0.3) is 11.8 Å². The minimum atomic E-state index is -4.78. The maximum Gasteiger partial charge on any atom is 0.421 e. The van der Waals surface area contributed by atoms with Gasteiger partial charge in [0.1, 0.15) is 22.8 Å². The normalized spacial score (nSPS) is 16.8. The third-order valence-corrected chi connectivity index (χ3v) is 5.19. The summed E-state index contributed by atoms with van der Waals surface area (Å²) in [6.07, 6.45) is 2.84. The van der Waals surface area contributed by atoms with Crippen molar-refractivity contribution >= 4 is 11.6 Å². The molecule has 2 rings (SSSR count). The summed E-state index contributed by atoms with van der Waals surface area (Å²) in [5.41, 5.74) is -1.22. The number of piperidine rings is 1. The zero-order chi connectivity index (χ0) is 25.5. The van der Waals surface area contributed by atoms with E-state index in [9.17, 15) is 26.7 Å². The van der Waals surface area contributed by atoms with Gasteiger partial charge in [-0.1, -0.05) is 19.6 Å². The summed E-state index contributed by atoms with van der Waals surface area (Å²) in [6, 6.07) is 2.57. The SMILES string of the molecule is C=C(C(=O)N1CCC(C(=N/C=C\C)/C(=C/CC)Oc2ccc(C(C)(F)F)nc2)CC1)C(F)(F)F. The van der Waals surface area contributed by atoms with Gasteiger partial charge in [-0.15, -0.1) is 0 Å². The highest BCUT2D eigenvalue weighted by atomic mass is 19.4. The van der Waals surface area contributed by atoms with Crippen LogP contribution >= 0.6 is 0 Å². The summed E-state index contributed by atoms with van der Waals surface area (Å²) in [5, 5.41) is 0. The lowest BCUT2D eigenvalue weighted by Gasteiger charge is -2.33. The summed E-state index contributed by atoms with van der Waals surface area (Å²) >= 11 is 0. The van der Waals surface area contributed by atoms with Crippen LogP contribution in [0, 0.1) is 5.92 Å². The molecule has 186 valence electrons. The van der Waals surface area contributed by atoms with Crippen molar-refractivity contribution in [2.75, 3.05) is 13.1 Å². The molecule has 0 saturated carbocycles. The molecule has 34 heavy (non-hydrogen) atoms. The number of allylic oxidation sites excluding steroid dienone is 3. The number of rotatable bonds is 8. The number of likely N-dealkylation sites (tertiary alicyclic amines) is 1. The van der Waals surface area contributed by atoms with E-state index in [1.165, 1.54) is 18.3 Å². The Morgan fingerprint density at radius 3 is 2.38 bits per heavy atom. The molecule has 0 atom stereocenters. The van der Waals surface area contributed by atoms with Gasteiger partial charge in [0.15, 0.2) is 0 Å². The first-order chi connectivity index (χ1) is 15.9. The number of carbonyl (C=O) groups excluding carboxylic acids is 1. The van der Waals surface area contributed by atoms with Crippen molar-refractivity contribution in [3.8, 4) is 5.75 Å². The lowest BCUT2D eigenvalue weighted by Crippen LogP contribution is -2.43. The molecule has 5 nitrogen and oxygen atoms in total. The number of hydrogen-bond donors (Lipinski definition) is 0. The highest BCUT2D eigenvalue weighted by molar-refractivity contribution is 6.01. The number of alkyl halides is 5. The fraction of sp³-hybridized carbons (Fsp3) is 0.458. The molecule has 1 aromatic rings. The Hall–Kier alpha value is -3.04. The van der Waals surface area contributed by atoms with Gasteiger partial charge in [0.2, 0.25) is 0 Å². The highest BCUT2D eigenvalue weighted by Crippen LogP contribution is 2.30. The average Bonchev–Trinajstić information content (AvgIpc) is 2.78. The number of carbonyl (C=O) groups is 1. The Labute approximate surface area is 195 Å². The van der Waals surface area contributed by atoms with Crippen molar-refractivity contribution in [1.82, 2.24) is 9.88 Å². The molecule has 0 aliphatic carbocycles. The number of ether oxygens (including phenoxy) is 1. The summed E-state index contributed by atoms with van der Waals surface area (Å²) < 4.78 is 71.4. The lowest BCUT2D eigenvalue weighted by atomic mass is 9.90. The Morgan fingerprint density at radius 1 is 1.26 bits per heavy atom.